The van der Waals surface area contributed by atoms with Crippen LogP contribution < -0.4 is 10.2 Å². The number of hydrogen-bond acceptors (Lipinski definition) is 6. The Morgan fingerprint density at radius 2 is 1.92 bits per heavy atom. The molecule has 6 nitrogen and oxygen atoms in total. The summed E-state index contributed by atoms with van der Waals surface area (Å²) in [5.41, 5.74) is 2.42. The molecular weight excluding hydrogens is 414 g/mol. The van der Waals surface area contributed by atoms with E-state index in [0.717, 1.165) is 54.1 Å². The third-order valence-electron chi connectivity index (χ3n) is 4.25. The van der Waals surface area contributed by atoms with Crippen molar-refractivity contribution in [3.8, 4) is 5.13 Å². The zero-order valence-corrected chi connectivity index (χ0v) is 16.7. The highest BCUT2D eigenvalue weighted by Gasteiger charge is 2.17. The molecule has 1 fully saturated rings. The third-order valence-corrected chi connectivity index (χ3v) is 5.73. The summed E-state index contributed by atoms with van der Waals surface area (Å²) in [5, 5.41) is 14.1. The van der Waals surface area contributed by atoms with Crippen LogP contribution >= 0.6 is 27.3 Å². The molecule has 136 valence electrons. The number of nitrogens with zero attached hydrogens (tertiary/aromatic N) is 4. The van der Waals surface area contributed by atoms with Crippen molar-refractivity contribution < 1.29 is 4.74 Å². The summed E-state index contributed by atoms with van der Waals surface area (Å²) >= 11 is 5.13. The zero-order valence-electron chi connectivity index (χ0n) is 14.3. The first kappa shape index (κ1) is 17.7. The van der Waals surface area contributed by atoms with Crippen molar-refractivity contribution in [2.24, 2.45) is 0 Å². The fourth-order valence-electron chi connectivity index (χ4n) is 2.92. The van der Waals surface area contributed by atoms with Gasteiger partial charge in [0.15, 0.2) is 0 Å². The van der Waals surface area contributed by atoms with Gasteiger partial charge < -0.3 is 15.0 Å². The molecule has 1 aliphatic heterocycles. The van der Waals surface area contributed by atoms with Crippen LogP contribution in [0.1, 0.15) is 11.3 Å². The minimum absolute atomic E-state index is 0.753. The Morgan fingerprint density at radius 1 is 1.08 bits per heavy atom. The summed E-state index contributed by atoms with van der Waals surface area (Å²) in [6.07, 6.45) is 2.04. The highest BCUT2D eigenvalue weighted by Crippen LogP contribution is 2.25. The van der Waals surface area contributed by atoms with Crippen molar-refractivity contribution in [3.63, 3.8) is 0 Å². The van der Waals surface area contributed by atoms with Crippen molar-refractivity contribution in [1.82, 2.24) is 20.1 Å². The molecule has 1 saturated heterocycles. The van der Waals surface area contributed by atoms with E-state index in [1.54, 1.807) is 11.3 Å². The molecule has 0 spiro atoms. The van der Waals surface area contributed by atoms with Gasteiger partial charge >= 0.3 is 0 Å². The fraction of sp³-hybridized carbons (Fsp3) is 0.333. The van der Waals surface area contributed by atoms with Crippen LogP contribution in [0.5, 0.6) is 0 Å². The molecule has 0 amide bonds. The van der Waals surface area contributed by atoms with E-state index in [-0.39, 0.29) is 0 Å². The van der Waals surface area contributed by atoms with E-state index in [2.05, 4.69) is 65.2 Å². The molecule has 8 heteroatoms. The zero-order chi connectivity index (χ0) is 17.8. The Labute approximate surface area is 164 Å². The average Bonchev–Trinajstić information content (AvgIpc) is 3.32. The molecule has 3 heterocycles. The molecule has 26 heavy (non-hydrogen) atoms. The predicted molar refractivity (Wildman–Crippen MR) is 107 cm³/mol. The SMILES string of the molecule is Brc1cccc(CNCc2cccn2-c2nnc(N3CCOCC3)s2)c1. The van der Waals surface area contributed by atoms with Gasteiger partial charge in [-0.2, -0.15) is 0 Å². The lowest BCUT2D eigenvalue weighted by atomic mass is 10.2. The van der Waals surface area contributed by atoms with Crippen LogP contribution in [-0.2, 0) is 17.8 Å². The van der Waals surface area contributed by atoms with Crippen LogP contribution in [0.15, 0.2) is 47.1 Å². The van der Waals surface area contributed by atoms with Gasteiger partial charge in [0.1, 0.15) is 0 Å². The molecule has 3 aromatic rings. The van der Waals surface area contributed by atoms with Crippen LogP contribution in [0.3, 0.4) is 0 Å². The average molecular weight is 434 g/mol. The third kappa shape index (κ3) is 4.15. The first-order valence-corrected chi connectivity index (χ1v) is 10.2. The smallest absolute Gasteiger partial charge is 0.218 e. The Bertz CT molecular complexity index is 859. The van der Waals surface area contributed by atoms with Crippen molar-refractivity contribution >= 4 is 32.4 Å². The van der Waals surface area contributed by atoms with E-state index in [4.69, 9.17) is 4.74 Å². The summed E-state index contributed by atoms with van der Waals surface area (Å²) < 4.78 is 8.61. The monoisotopic (exact) mass is 433 g/mol. The Morgan fingerprint density at radius 3 is 2.77 bits per heavy atom. The first-order chi connectivity index (χ1) is 12.8. The number of rotatable bonds is 6. The lowest BCUT2D eigenvalue weighted by molar-refractivity contribution is 0.122. The molecule has 0 saturated carbocycles. The molecule has 4 rings (SSSR count). The number of halogens is 1. The highest BCUT2D eigenvalue weighted by atomic mass is 79.9. The van der Waals surface area contributed by atoms with Crippen LogP contribution in [0.2, 0.25) is 0 Å². The van der Waals surface area contributed by atoms with Crippen molar-refractivity contribution in [2.75, 3.05) is 31.2 Å². The van der Waals surface area contributed by atoms with Crippen molar-refractivity contribution in [3.05, 3.63) is 58.3 Å². The van der Waals surface area contributed by atoms with Gasteiger partial charge in [0.25, 0.3) is 0 Å². The molecule has 1 aromatic carbocycles. The molecule has 1 N–H and O–H groups in total. The standard InChI is InChI=1S/C18H20BrN5OS/c19-15-4-1-3-14(11-15)12-20-13-16-5-2-6-24(16)18-22-21-17(26-18)23-7-9-25-10-8-23/h1-6,11,20H,7-10,12-13H2. The van der Waals surface area contributed by atoms with Crippen molar-refractivity contribution in [2.45, 2.75) is 13.1 Å². The lowest BCUT2D eigenvalue weighted by Gasteiger charge is -2.25. The number of anilines is 1. The van der Waals surface area contributed by atoms with Crippen molar-refractivity contribution in [1.29, 1.82) is 0 Å². The first-order valence-electron chi connectivity index (χ1n) is 8.57. The van der Waals surface area contributed by atoms with Gasteiger partial charge in [0.05, 0.1) is 13.2 Å². The molecule has 2 aromatic heterocycles. The van der Waals surface area contributed by atoms with Gasteiger partial charge in [0, 0.05) is 42.5 Å². The fourth-order valence-corrected chi connectivity index (χ4v) is 4.28. The number of morpholine rings is 1. The number of hydrogen-bond donors (Lipinski definition) is 1. The van der Waals surface area contributed by atoms with Gasteiger partial charge in [0.2, 0.25) is 10.3 Å². The quantitative estimate of drug-likeness (QED) is 0.646. The van der Waals surface area contributed by atoms with Crippen LogP contribution in [-0.4, -0.2) is 41.1 Å². The van der Waals surface area contributed by atoms with Gasteiger partial charge in [-0.3, -0.25) is 4.57 Å². The Balaban J connectivity index is 1.41. The second-order valence-electron chi connectivity index (χ2n) is 6.07. The van der Waals surface area contributed by atoms with E-state index in [0.29, 0.717) is 0 Å². The Kier molecular flexibility index (Phi) is 5.64. The summed E-state index contributed by atoms with van der Waals surface area (Å²) in [6, 6.07) is 12.5. The molecule has 0 bridgehead atoms. The number of ether oxygens (including phenoxy) is 1. The van der Waals surface area contributed by atoms with E-state index >= 15 is 0 Å². The largest absolute Gasteiger partial charge is 0.378 e. The lowest BCUT2D eigenvalue weighted by Crippen LogP contribution is -2.36. The van der Waals surface area contributed by atoms with Crippen LogP contribution in [0.4, 0.5) is 5.13 Å². The van der Waals surface area contributed by atoms with E-state index in [1.165, 1.54) is 11.3 Å². The molecule has 1 aliphatic rings. The molecule has 0 atom stereocenters. The maximum atomic E-state index is 5.41. The molecule has 0 unspecified atom stereocenters. The summed E-state index contributed by atoms with van der Waals surface area (Å²) in [4.78, 5) is 2.24. The minimum Gasteiger partial charge on any atom is -0.378 e. The van der Waals surface area contributed by atoms with Crippen LogP contribution in [0, 0.1) is 0 Å². The van der Waals surface area contributed by atoms with Gasteiger partial charge in [-0.25, -0.2) is 0 Å². The highest BCUT2D eigenvalue weighted by molar-refractivity contribution is 9.10. The topological polar surface area (TPSA) is 55.2 Å². The van der Waals surface area contributed by atoms with E-state index < -0.39 is 0 Å². The molecular formula is C18H20BrN5OS. The second kappa shape index (κ2) is 8.30. The van der Waals surface area contributed by atoms with Gasteiger partial charge in [-0.15, -0.1) is 10.2 Å². The van der Waals surface area contributed by atoms with E-state index in [1.807, 2.05) is 18.3 Å². The molecule has 0 aliphatic carbocycles. The summed E-state index contributed by atoms with van der Waals surface area (Å²) in [5.74, 6) is 0. The predicted octanol–water partition coefficient (Wildman–Crippen LogP) is 3.22. The Hall–Kier alpha value is -1.74. The number of aromatic nitrogens is 3. The van der Waals surface area contributed by atoms with E-state index in [9.17, 15) is 0 Å². The summed E-state index contributed by atoms with van der Waals surface area (Å²) in [7, 11) is 0. The second-order valence-corrected chi connectivity index (χ2v) is 7.92. The number of nitrogens with one attached hydrogen (secondary N) is 1. The normalized spacial score (nSPS) is 14.7. The summed E-state index contributed by atoms with van der Waals surface area (Å²) in [6.45, 7) is 4.85. The van der Waals surface area contributed by atoms with Gasteiger partial charge in [-0.05, 0) is 29.8 Å². The maximum absolute atomic E-state index is 5.41. The van der Waals surface area contributed by atoms with Gasteiger partial charge in [-0.1, -0.05) is 39.4 Å². The molecule has 0 radical (unpaired) electrons. The minimum atomic E-state index is 0.753. The maximum Gasteiger partial charge on any atom is 0.218 e. The van der Waals surface area contributed by atoms with Crippen LogP contribution in [0.25, 0.3) is 5.13 Å². The number of benzene rings is 1.